The summed E-state index contributed by atoms with van der Waals surface area (Å²) in [5.41, 5.74) is 13.9. The Morgan fingerprint density at radius 2 is 1.12 bits per heavy atom. The number of amides is 4. The zero-order valence-corrected chi connectivity index (χ0v) is 27.7. The van der Waals surface area contributed by atoms with Crippen LogP contribution in [0.1, 0.15) is 29.5 Å². The normalized spacial score (nSPS) is 12.9. The molecule has 5 aromatic rings. The van der Waals surface area contributed by atoms with Gasteiger partial charge in [0.25, 0.3) is 0 Å². The van der Waals surface area contributed by atoms with Gasteiger partial charge in [-0.05, 0) is 51.2 Å². The van der Waals surface area contributed by atoms with E-state index in [1.807, 2.05) is 115 Å². The van der Waals surface area contributed by atoms with Crippen molar-refractivity contribution in [1.82, 2.24) is 15.5 Å². The van der Waals surface area contributed by atoms with Crippen molar-refractivity contribution in [2.45, 2.75) is 50.2 Å². The lowest BCUT2D eigenvalue weighted by atomic mass is 9.98. The van der Waals surface area contributed by atoms with Gasteiger partial charge in [-0.3, -0.25) is 19.2 Å². The summed E-state index contributed by atoms with van der Waals surface area (Å²) in [6, 6.07) is 33.9. The number of likely N-dealkylation sites (N-methyl/N-ethyl adjacent to an activating group) is 1. The van der Waals surface area contributed by atoms with Gasteiger partial charge >= 0.3 is 0 Å². The molecule has 9 nitrogen and oxygen atoms in total. The molecule has 4 amide bonds. The van der Waals surface area contributed by atoms with E-state index in [9.17, 15) is 19.2 Å². The highest BCUT2D eigenvalue weighted by Gasteiger charge is 2.32. The standard InChI is InChI=1S/C40H43N5O4/c1-45(37(46)16-9-21-41)36(26-29-18-20-31-13-6-8-15-33(31)23-29)40(49)44-35(25-28-17-19-30-12-5-7-14-32(30)22-28)39(48)43-34(38(42)47)24-27-10-3-2-4-11-27/h2-8,10-15,17-20,22-23,34-36H,9,16,21,24-26,41H2,1H3,(H2,42,47)(H,43,48)(H,44,49)/t34?,35?,36-/m1/s1. The van der Waals surface area contributed by atoms with Gasteiger partial charge in [-0.25, -0.2) is 0 Å². The Hall–Kier alpha value is -5.54. The highest BCUT2D eigenvalue weighted by atomic mass is 16.2. The molecule has 5 aromatic carbocycles. The maximum absolute atomic E-state index is 14.3. The van der Waals surface area contributed by atoms with E-state index in [2.05, 4.69) is 10.6 Å². The van der Waals surface area contributed by atoms with Crippen LogP contribution in [0.5, 0.6) is 0 Å². The molecular formula is C40H43N5O4. The SMILES string of the molecule is CN(C(=O)CCCN)[C@H](Cc1ccc2ccccc2c1)C(=O)NC(Cc1ccc2ccccc2c1)C(=O)NC(Cc1ccccc1)C(N)=O. The monoisotopic (exact) mass is 657 g/mol. The third-order valence-electron chi connectivity index (χ3n) is 8.83. The highest BCUT2D eigenvalue weighted by molar-refractivity contribution is 5.95. The molecule has 0 fully saturated rings. The van der Waals surface area contributed by atoms with Gasteiger partial charge in [0.1, 0.15) is 18.1 Å². The number of primary amides is 1. The second kappa shape index (κ2) is 16.5. The molecule has 0 saturated carbocycles. The average molecular weight is 658 g/mol. The molecule has 0 aliphatic carbocycles. The summed E-state index contributed by atoms with van der Waals surface area (Å²) in [4.78, 5) is 55.4. The zero-order valence-electron chi connectivity index (χ0n) is 27.7. The Morgan fingerprint density at radius 3 is 1.69 bits per heavy atom. The lowest BCUT2D eigenvalue weighted by Crippen LogP contribution is -2.58. The number of nitrogens with two attached hydrogens (primary N) is 2. The molecule has 3 atom stereocenters. The Kier molecular flexibility index (Phi) is 11.7. The van der Waals surface area contributed by atoms with Crippen LogP contribution in [0.15, 0.2) is 115 Å². The van der Waals surface area contributed by atoms with Crippen LogP contribution in [-0.4, -0.2) is 60.2 Å². The zero-order chi connectivity index (χ0) is 34.8. The van der Waals surface area contributed by atoms with E-state index in [1.165, 1.54) is 4.90 Å². The van der Waals surface area contributed by atoms with E-state index < -0.39 is 35.8 Å². The molecule has 0 radical (unpaired) electrons. The van der Waals surface area contributed by atoms with Crippen molar-refractivity contribution < 1.29 is 19.2 Å². The van der Waals surface area contributed by atoms with Gasteiger partial charge in [0.05, 0.1) is 0 Å². The van der Waals surface area contributed by atoms with Crippen LogP contribution in [0.4, 0.5) is 0 Å². The number of hydrogen-bond acceptors (Lipinski definition) is 5. The van der Waals surface area contributed by atoms with Crippen molar-refractivity contribution in [2.24, 2.45) is 11.5 Å². The summed E-state index contributed by atoms with van der Waals surface area (Å²) < 4.78 is 0. The molecule has 0 aromatic heterocycles. The number of benzene rings is 5. The largest absolute Gasteiger partial charge is 0.368 e. The van der Waals surface area contributed by atoms with Crippen LogP contribution in [0.2, 0.25) is 0 Å². The summed E-state index contributed by atoms with van der Waals surface area (Å²) >= 11 is 0. The number of carbonyl (C=O) groups excluding carboxylic acids is 4. The summed E-state index contributed by atoms with van der Waals surface area (Å²) in [6.07, 6.45) is 1.24. The topological polar surface area (TPSA) is 148 Å². The predicted octanol–water partition coefficient (Wildman–Crippen LogP) is 4.04. The molecule has 0 bridgehead atoms. The fourth-order valence-corrected chi connectivity index (χ4v) is 6.02. The first-order chi connectivity index (χ1) is 23.7. The van der Waals surface area contributed by atoms with E-state index in [0.717, 1.165) is 38.2 Å². The number of hydrogen-bond donors (Lipinski definition) is 4. The van der Waals surface area contributed by atoms with E-state index in [0.29, 0.717) is 13.0 Å². The first-order valence-electron chi connectivity index (χ1n) is 16.6. The van der Waals surface area contributed by atoms with Crippen molar-refractivity contribution in [3.05, 3.63) is 132 Å². The van der Waals surface area contributed by atoms with Gasteiger partial charge in [0, 0.05) is 32.7 Å². The fourth-order valence-electron chi connectivity index (χ4n) is 6.02. The Balaban J connectivity index is 1.44. The molecule has 0 aliphatic rings. The maximum Gasteiger partial charge on any atom is 0.243 e. The summed E-state index contributed by atoms with van der Waals surface area (Å²) in [6.45, 7) is 0.346. The molecule has 0 spiro atoms. The molecule has 9 heteroatoms. The van der Waals surface area contributed by atoms with Crippen LogP contribution in [-0.2, 0) is 38.4 Å². The Labute approximate surface area is 286 Å². The molecule has 0 heterocycles. The molecule has 0 aliphatic heterocycles. The number of fused-ring (bicyclic) bond motifs is 2. The third-order valence-corrected chi connectivity index (χ3v) is 8.83. The highest BCUT2D eigenvalue weighted by Crippen LogP contribution is 2.20. The van der Waals surface area contributed by atoms with E-state index >= 15 is 0 Å². The first-order valence-corrected chi connectivity index (χ1v) is 16.6. The number of carbonyl (C=O) groups is 4. The van der Waals surface area contributed by atoms with Gasteiger partial charge in [-0.2, -0.15) is 0 Å². The minimum absolute atomic E-state index is 0.146. The van der Waals surface area contributed by atoms with Gasteiger partial charge in [-0.15, -0.1) is 0 Å². The minimum atomic E-state index is -1.07. The van der Waals surface area contributed by atoms with Crippen LogP contribution in [0, 0.1) is 0 Å². The molecule has 0 saturated heterocycles. The molecule has 252 valence electrons. The predicted molar refractivity (Wildman–Crippen MR) is 193 cm³/mol. The first kappa shape index (κ1) is 34.8. The maximum atomic E-state index is 14.3. The van der Waals surface area contributed by atoms with E-state index in [1.54, 1.807) is 7.05 Å². The quantitative estimate of drug-likeness (QED) is 0.134. The van der Waals surface area contributed by atoms with Crippen molar-refractivity contribution in [2.75, 3.05) is 13.6 Å². The van der Waals surface area contributed by atoms with Crippen LogP contribution in [0.3, 0.4) is 0 Å². The molecule has 5 rings (SSSR count). The van der Waals surface area contributed by atoms with Crippen LogP contribution in [0.25, 0.3) is 21.5 Å². The average Bonchev–Trinajstić information content (AvgIpc) is 3.12. The van der Waals surface area contributed by atoms with E-state index in [4.69, 9.17) is 11.5 Å². The smallest absolute Gasteiger partial charge is 0.243 e. The summed E-state index contributed by atoms with van der Waals surface area (Å²) in [5.74, 6) is -1.95. The lowest BCUT2D eigenvalue weighted by Gasteiger charge is -2.30. The van der Waals surface area contributed by atoms with Gasteiger partial charge in [0.15, 0.2) is 0 Å². The van der Waals surface area contributed by atoms with Crippen molar-refractivity contribution >= 4 is 45.2 Å². The second-order valence-corrected chi connectivity index (χ2v) is 12.4. The van der Waals surface area contributed by atoms with E-state index in [-0.39, 0.29) is 31.6 Å². The minimum Gasteiger partial charge on any atom is -0.368 e. The number of rotatable bonds is 15. The summed E-state index contributed by atoms with van der Waals surface area (Å²) in [5, 5.41) is 9.85. The van der Waals surface area contributed by atoms with Crippen LogP contribution < -0.4 is 22.1 Å². The third kappa shape index (κ3) is 9.30. The van der Waals surface area contributed by atoms with Crippen molar-refractivity contribution in [3.8, 4) is 0 Å². The van der Waals surface area contributed by atoms with Crippen LogP contribution >= 0.6 is 0 Å². The van der Waals surface area contributed by atoms with Crippen molar-refractivity contribution in [1.29, 1.82) is 0 Å². The van der Waals surface area contributed by atoms with Gasteiger partial charge < -0.3 is 27.0 Å². The fraction of sp³-hybridized carbons (Fsp3) is 0.250. The Bertz CT molecular complexity index is 1930. The molecule has 49 heavy (non-hydrogen) atoms. The number of nitrogens with zero attached hydrogens (tertiary/aromatic N) is 1. The molecular weight excluding hydrogens is 614 g/mol. The number of nitrogens with one attached hydrogen (secondary N) is 2. The molecule has 2 unspecified atom stereocenters. The Morgan fingerprint density at radius 1 is 0.612 bits per heavy atom. The van der Waals surface area contributed by atoms with Gasteiger partial charge in [-0.1, -0.05) is 115 Å². The summed E-state index contributed by atoms with van der Waals surface area (Å²) in [7, 11) is 1.60. The van der Waals surface area contributed by atoms with Gasteiger partial charge in [0.2, 0.25) is 23.6 Å². The lowest BCUT2D eigenvalue weighted by molar-refractivity contribution is -0.140. The molecule has 6 N–H and O–H groups in total. The van der Waals surface area contributed by atoms with Crippen molar-refractivity contribution in [3.63, 3.8) is 0 Å². The second-order valence-electron chi connectivity index (χ2n) is 12.4.